The predicted molar refractivity (Wildman–Crippen MR) is 77.7 cm³/mol. The Bertz CT molecular complexity index is 341. The van der Waals surface area contributed by atoms with Gasteiger partial charge in [-0.3, -0.25) is 0 Å². The van der Waals surface area contributed by atoms with Crippen LogP contribution in [0.5, 0.6) is 0 Å². The van der Waals surface area contributed by atoms with Crippen LogP contribution in [0.3, 0.4) is 0 Å². The zero-order chi connectivity index (χ0) is 13.2. The molecule has 0 amide bonds. The van der Waals surface area contributed by atoms with Crippen LogP contribution in [0.1, 0.15) is 38.9 Å². The fourth-order valence-corrected chi connectivity index (χ4v) is 1.66. The average molecular weight is 247 g/mol. The van der Waals surface area contributed by atoms with E-state index in [1.807, 2.05) is 6.07 Å². The summed E-state index contributed by atoms with van der Waals surface area (Å²) in [6, 6.07) is 10.4. The molecule has 0 aliphatic rings. The van der Waals surface area contributed by atoms with E-state index in [0.29, 0.717) is 0 Å². The fraction of sp³-hybridized carbons (Fsp3) is 0.500. The summed E-state index contributed by atoms with van der Waals surface area (Å²) in [5.74, 6) is 0. The number of ether oxygens (including phenoxy) is 1. The molecule has 0 aromatic heterocycles. The van der Waals surface area contributed by atoms with Gasteiger partial charge in [0.1, 0.15) is 0 Å². The van der Waals surface area contributed by atoms with Gasteiger partial charge in [0.25, 0.3) is 0 Å². The molecule has 0 aliphatic carbocycles. The molecule has 0 saturated carbocycles. The summed E-state index contributed by atoms with van der Waals surface area (Å²) >= 11 is 0. The van der Waals surface area contributed by atoms with Crippen molar-refractivity contribution in [2.45, 2.75) is 33.3 Å². The molecule has 2 nitrogen and oxygen atoms in total. The van der Waals surface area contributed by atoms with Gasteiger partial charge < -0.3 is 10.1 Å². The Morgan fingerprint density at radius 3 is 2.67 bits per heavy atom. The highest BCUT2D eigenvalue weighted by Crippen LogP contribution is 2.15. The van der Waals surface area contributed by atoms with Crippen molar-refractivity contribution < 1.29 is 4.74 Å². The normalized spacial score (nSPS) is 12.2. The summed E-state index contributed by atoms with van der Waals surface area (Å²) in [7, 11) is 0. The minimum atomic E-state index is 0.184. The second-order valence-corrected chi connectivity index (χ2v) is 4.76. The van der Waals surface area contributed by atoms with E-state index in [2.05, 4.69) is 56.4 Å². The predicted octanol–water partition coefficient (Wildman–Crippen LogP) is 3.71. The molecule has 2 heteroatoms. The van der Waals surface area contributed by atoms with Gasteiger partial charge in [0.2, 0.25) is 0 Å². The maximum atomic E-state index is 5.80. The first-order chi connectivity index (χ1) is 8.70. The third kappa shape index (κ3) is 6.58. The number of hydrogen-bond acceptors (Lipinski definition) is 2. The molecular weight excluding hydrogens is 222 g/mol. The molecule has 0 radical (unpaired) electrons. The Balaban J connectivity index is 2.06. The van der Waals surface area contributed by atoms with Crippen LogP contribution in [0.2, 0.25) is 0 Å². The number of hydrogen-bond donors (Lipinski definition) is 1. The maximum absolute atomic E-state index is 5.80. The van der Waals surface area contributed by atoms with Gasteiger partial charge in [-0.05, 0) is 39.3 Å². The lowest BCUT2D eigenvalue weighted by molar-refractivity contribution is 0.0642. The molecule has 1 atom stereocenters. The standard InChI is InChI=1S/C16H25NO/c1-14(2)10-12-17-11-7-13-18-15(3)16-8-5-4-6-9-16/h4-6,8-10,15,17H,7,11-13H2,1-3H3. The van der Waals surface area contributed by atoms with Crippen LogP contribution in [0.4, 0.5) is 0 Å². The van der Waals surface area contributed by atoms with Crippen LogP contribution in [0, 0.1) is 0 Å². The Labute approximate surface area is 111 Å². The second kappa shape index (κ2) is 8.90. The number of benzene rings is 1. The van der Waals surface area contributed by atoms with Gasteiger partial charge in [-0.15, -0.1) is 0 Å². The Morgan fingerprint density at radius 2 is 2.00 bits per heavy atom. The van der Waals surface area contributed by atoms with Crippen molar-refractivity contribution in [1.82, 2.24) is 5.32 Å². The molecule has 0 bridgehead atoms. The van der Waals surface area contributed by atoms with Gasteiger partial charge in [-0.25, -0.2) is 0 Å². The highest BCUT2D eigenvalue weighted by molar-refractivity contribution is 5.16. The quantitative estimate of drug-likeness (QED) is 0.558. The third-order valence-corrected chi connectivity index (χ3v) is 2.79. The van der Waals surface area contributed by atoms with Crippen molar-refractivity contribution in [3.8, 4) is 0 Å². The lowest BCUT2D eigenvalue weighted by Crippen LogP contribution is -2.17. The summed E-state index contributed by atoms with van der Waals surface area (Å²) in [5, 5.41) is 3.37. The number of rotatable bonds is 8. The molecule has 1 rings (SSSR count). The number of nitrogens with one attached hydrogen (secondary N) is 1. The fourth-order valence-electron chi connectivity index (χ4n) is 1.66. The van der Waals surface area contributed by atoms with Crippen LogP contribution < -0.4 is 5.32 Å². The van der Waals surface area contributed by atoms with Crippen LogP contribution in [0.25, 0.3) is 0 Å². The third-order valence-electron chi connectivity index (χ3n) is 2.79. The van der Waals surface area contributed by atoms with Crippen LogP contribution in [-0.4, -0.2) is 19.7 Å². The molecule has 18 heavy (non-hydrogen) atoms. The van der Waals surface area contributed by atoms with E-state index in [9.17, 15) is 0 Å². The lowest BCUT2D eigenvalue weighted by Gasteiger charge is -2.13. The molecule has 0 aliphatic heterocycles. The van der Waals surface area contributed by atoms with Crippen LogP contribution in [-0.2, 0) is 4.74 Å². The van der Waals surface area contributed by atoms with E-state index < -0.39 is 0 Å². The smallest absolute Gasteiger partial charge is 0.0796 e. The van der Waals surface area contributed by atoms with E-state index in [0.717, 1.165) is 26.1 Å². The van der Waals surface area contributed by atoms with E-state index in [-0.39, 0.29) is 6.10 Å². The van der Waals surface area contributed by atoms with Crippen molar-refractivity contribution in [3.05, 3.63) is 47.5 Å². The van der Waals surface area contributed by atoms with Crippen molar-refractivity contribution in [1.29, 1.82) is 0 Å². The highest BCUT2D eigenvalue weighted by atomic mass is 16.5. The summed E-state index contributed by atoms with van der Waals surface area (Å²) in [6.07, 6.45) is 3.44. The van der Waals surface area contributed by atoms with Gasteiger partial charge in [0.05, 0.1) is 6.10 Å². The van der Waals surface area contributed by atoms with E-state index in [1.54, 1.807) is 0 Å². The first-order valence-electron chi connectivity index (χ1n) is 6.71. The maximum Gasteiger partial charge on any atom is 0.0796 e. The topological polar surface area (TPSA) is 21.3 Å². The largest absolute Gasteiger partial charge is 0.374 e. The highest BCUT2D eigenvalue weighted by Gasteiger charge is 2.03. The summed E-state index contributed by atoms with van der Waals surface area (Å²) in [4.78, 5) is 0. The minimum Gasteiger partial charge on any atom is -0.374 e. The minimum absolute atomic E-state index is 0.184. The molecule has 0 saturated heterocycles. The first-order valence-corrected chi connectivity index (χ1v) is 6.71. The van der Waals surface area contributed by atoms with Crippen molar-refractivity contribution in [2.24, 2.45) is 0 Å². The molecule has 0 spiro atoms. The van der Waals surface area contributed by atoms with E-state index in [1.165, 1.54) is 11.1 Å². The monoisotopic (exact) mass is 247 g/mol. The molecule has 1 aromatic carbocycles. The van der Waals surface area contributed by atoms with Crippen molar-refractivity contribution in [2.75, 3.05) is 19.7 Å². The van der Waals surface area contributed by atoms with Crippen LogP contribution >= 0.6 is 0 Å². The van der Waals surface area contributed by atoms with Gasteiger partial charge in [0, 0.05) is 13.2 Å². The van der Waals surface area contributed by atoms with Crippen LogP contribution in [0.15, 0.2) is 42.0 Å². The molecule has 0 fully saturated rings. The molecule has 0 heterocycles. The van der Waals surface area contributed by atoms with Gasteiger partial charge in [-0.2, -0.15) is 0 Å². The van der Waals surface area contributed by atoms with E-state index >= 15 is 0 Å². The van der Waals surface area contributed by atoms with E-state index in [4.69, 9.17) is 4.74 Å². The summed E-state index contributed by atoms with van der Waals surface area (Å²) < 4.78 is 5.80. The molecular formula is C16H25NO. The van der Waals surface area contributed by atoms with Crippen molar-refractivity contribution >= 4 is 0 Å². The van der Waals surface area contributed by atoms with Crippen molar-refractivity contribution in [3.63, 3.8) is 0 Å². The first kappa shape index (κ1) is 14.9. The Morgan fingerprint density at radius 1 is 1.28 bits per heavy atom. The zero-order valence-corrected chi connectivity index (χ0v) is 11.8. The lowest BCUT2D eigenvalue weighted by atomic mass is 10.1. The summed E-state index contributed by atoms with van der Waals surface area (Å²) in [6.45, 7) is 9.10. The molecule has 100 valence electrons. The second-order valence-electron chi connectivity index (χ2n) is 4.76. The van der Waals surface area contributed by atoms with Gasteiger partial charge in [0.15, 0.2) is 0 Å². The van der Waals surface area contributed by atoms with Gasteiger partial charge >= 0.3 is 0 Å². The molecule has 1 aromatic rings. The SMILES string of the molecule is CC(C)=CCNCCCOC(C)c1ccccc1. The Hall–Kier alpha value is -1.12. The Kier molecular flexibility index (Phi) is 7.38. The summed E-state index contributed by atoms with van der Waals surface area (Å²) in [5.41, 5.74) is 2.60. The molecule has 1 unspecified atom stereocenters. The molecule has 1 N–H and O–H groups in total. The average Bonchev–Trinajstić information content (AvgIpc) is 2.38. The zero-order valence-electron chi connectivity index (χ0n) is 11.8. The van der Waals surface area contributed by atoms with Gasteiger partial charge in [-0.1, -0.05) is 42.0 Å². The number of allylic oxidation sites excluding steroid dienone is 1.